The molecule has 0 atom stereocenters. The second-order valence-corrected chi connectivity index (χ2v) is 9.12. The number of anilines is 2. The van der Waals surface area contributed by atoms with Crippen LogP contribution >= 0.6 is 0 Å². The molecule has 4 rings (SSSR count). The molecule has 0 saturated heterocycles. The van der Waals surface area contributed by atoms with Crippen LogP contribution < -0.4 is 10.6 Å². The van der Waals surface area contributed by atoms with E-state index in [1.807, 2.05) is 6.07 Å². The molecule has 0 spiro atoms. The number of carbonyl (C=O) groups is 1. The molecule has 0 unspecified atom stereocenters. The van der Waals surface area contributed by atoms with Crippen molar-refractivity contribution in [2.24, 2.45) is 0 Å². The zero-order valence-corrected chi connectivity index (χ0v) is 23.6. The Bertz CT molecular complexity index is 1440. The van der Waals surface area contributed by atoms with E-state index in [1.54, 1.807) is 6.08 Å². The van der Waals surface area contributed by atoms with E-state index in [4.69, 9.17) is 10.5 Å². The van der Waals surface area contributed by atoms with Crippen LogP contribution in [-0.2, 0) is 16.1 Å². The third kappa shape index (κ3) is 8.08. The van der Waals surface area contributed by atoms with Gasteiger partial charge in [0, 0.05) is 23.6 Å². The van der Waals surface area contributed by atoms with Crippen LogP contribution in [0, 0.1) is 0 Å². The van der Waals surface area contributed by atoms with Gasteiger partial charge in [0.15, 0.2) is 0 Å². The maximum absolute atomic E-state index is 8.95. The number of nitrogens with zero attached hydrogens (tertiary/aromatic N) is 1. The van der Waals surface area contributed by atoms with Crippen LogP contribution in [-0.4, -0.2) is 13.6 Å². The van der Waals surface area contributed by atoms with Gasteiger partial charge in [-0.3, -0.25) is 4.79 Å². The first-order valence-corrected chi connectivity index (χ1v) is 13.4. The lowest BCUT2D eigenvalue weighted by molar-refractivity contribution is -0.126. The smallest absolute Gasteiger partial charge is 0.292 e. The molecule has 4 heteroatoms. The Morgan fingerprint density at radius 3 is 2.25 bits per heavy atom. The number of hydrogen-bond donors (Lipinski definition) is 1. The number of nitrogens with two attached hydrogens (primary N) is 1. The van der Waals surface area contributed by atoms with Crippen molar-refractivity contribution in [2.75, 3.05) is 17.7 Å². The van der Waals surface area contributed by atoms with Gasteiger partial charge < -0.3 is 15.4 Å². The fourth-order valence-corrected chi connectivity index (χ4v) is 4.41. The standard InChI is InChI=1S/C34H34N2.C2H4O2/c1-4-11-26-13-10-16-32(23-26)36(34(12-5-2)30-14-8-7-9-15-30)25-27-17-19-29(20-18-27)31-21-22-33(35)28(6-3)24-31;1-4-2-3/h4,6-24H,3,5,25,35H2,1-2H3;2H,1H3/b11-4+,34-12-;. The number of carbonyl (C=O) groups excluding carboxylic acids is 1. The topological polar surface area (TPSA) is 55.6 Å². The zero-order valence-electron chi connectivity index (χ0n) is 23.6. The summed E-state index contributed by atoms with van der Waals surface area (Å²) >= 11 is 0. The van der Waals surface area contributed by atoms with Crippen molar-refractivity contribution in [2.45, 2.75) is 26.8 Å². The lowest BCUT2D eigenvalue weighted by atomic mass is 10.00. The van der Waals surface area contributed by atoms with E-state index in [2.05, 4.69) is 139 Å². The monoisotopic (exact) mass is 530 g/mol. The maximum Gasteiger partial charge on any atom is 0.292 e. The number of methoxy groups -OCH3 is 1. The largest absolute Gasteiger partial charge is 0.471 e. The van der Waals surface area contributed by atoms with Gasteiger partial charge in [0.1, 0.15) is 0 Å². The van der Waals surface area contributed by atoms with E-state index in [0.29, 0.717) is 6.47 Å². The minimum Gasteiger partial charge on any atom is -0.471 e. The van der Waals surface area contributed by atoms with Crippen LogP contribution in [0.5, 0.6) is 0 Å². The Morgan fingerprint density at radius 2 is 1.62 bits per heavy atom. The summed E-state index contributed by atoms with van der Waals surface area (Å²) in [6.07, 6.45) is 9.30. The third-order valence-corrected chi connectivity index (χ3v) is 6.33. The number of benzene rings is 4. The summed E-state index contributed by atoms with van der Waals surface area (Å²) in [4.78, 5) is 11.4. The van der Waals surface area contributed by atoms with Crippen molar-refractivity contribution in [3.8, 4) is 11.1 Å². The fraction of sp³-hybridized carbons (Fsp3) is 0.139. The molecule has 4 aromatic carbocycles. The average Bonchev–Trinajstić information content (AvgIpc) is 3.00. The highest BCUT2D eigenvalue weighted by atomic mass is 16.5. The Morgan fingerprint density at radius 1 is 0.925 bits per heavy atom. The summed E-state index contributed by atoms with van der Waals surface area (Å²) in [5, 5.41) is 0. The second kappa shape index (κ2) is 15.6. The van der Waals surface area contributed by atoms with Crippen LogP contribution in [0.3, 0.4) is 0 Å². The molecular weight excluding hydrogens is 492 g/mol. The first-order valence-electron chi connectivity index (χ1n) is 13.4. The van der Waals surface area contributed by atoms with Crippen LogP contribution in [0.25, 0.3) is 29.0 Å². The van der Waals surface area contributed by atoms with Gasteiger partial charge in [-0.2, -0.15) is 0 Å². The summed E-state index contributed by atoms with van der Waals surface area (Å²) in [6, 6.07) is 34.3. The van der Waals surface area contributed by atoms with Gasteiger partial charge in [0.25, 0.3) is 6.47 Å². The molecule has 0 saturated carbocycles. The molecule has 0 heterocycles. The summed E-state index contributed by atoms with van der Waals surface area (Å²) < 4.78 is 3.86. The van der Waals surface area contributed by atoms with Crippen LogP contribution in [0.2, 0.25) is 0 Å². The van der Waals surface area contributed by atoms with E-state index in [-0.39, 0.29) is 0 Å². The highest BCUT2D eigenvalue weighted by Gasteiger charge is 2.15. The molecule has 2 N–H and O–H groups in total. The summed E-state index contributed by atoms with van der Waals surface area (Å²) in [5.74, 6) is 0. The molecule has 0 aromatic heterocycles. The predicted molar refractivity (Wildman–Crippen MR) is 171 cm³/mol. The highest BCUT2D eigenvalue weighted by molar-refractivity contribution is 5.80. The van der Waals surface area contributed by atoms with E-state index in [9.17, 15) is 0 Å². The quantitative estimate of drug-likeness (QED) is 0.164. The number of ether oxygens (including phenoxy) is 1. The zero-order chi connectivity index (χ0) is 28.7. The van der Waals surface area contributed by atoms with Gasteiger partial charge in [0.2, 0.25) is 0 Å². The number of rotatable bonds is 10. The second-order valence-electron chi connectivity index (χ2n) is 9.12. The van der Waals surface area contributed by atoms with Crippen LogP contribution in [0.15, 0.2) is 116 Å². The Kier molecular flexibility index (Phi) is 11.6. The minimum atomic E-state index is 0.375. The SMILES string of the molecule is C=Cc1cc(-c2ccc(CN(/C(=C\CC)c3ccccc3)c3cccc(/C=C/C)c3)cc2)ccc1N.COC=O. The van der Waals surface area contributed by atoms with Gasteiger partial charge in [-0.05, 0) is 71.0 Å². The number of allylic oxidation sites excluding steroid dienone is 2. The molecule has 204 valence electrons. The maximum atomic E-state index is 8.95. The van der Waals surface area contributed by atoms with Crippen LogP contribution in [0.1, 0.15) is 42.5 Å². The number of hydrogen-bond acceptors (Lipinski definition) is 4. The van der Waals surface area contributed by atoms with Gasteiger partial charge in [-0.25, -0.2) is 0 Å². The Balaban J connectivity index is 0.00000103. The Hall–Kier alpha value is -4.83. The molecular formula is C36H38N2O2. The van der Waals surface area contributed by atoms with Crippen molar-refractivity contribution in [3.63, 3.8) is 0 Å². The summed E-state index contributed by atoms with van der Waals surface area (Å²) in [5.41, 5.74) is 16.1. The van der Waals surface area contributed by atoms with Gasteiger partial charge >= 0.3 is 0 Å². The number of nitrogen functional groups attached to an aromatic ring is 1. The van der Waals surface area contributed by atoms with Crippen molar-refractivity contribution < 1.29 is 9.53 Å². The molecule has 4 nitrogen and oxygen atoms in total. The molecule has 0 radical (unpaired) electrons. The highest BCUT2D eigenvalue weighted by Crippen LogP contribution is 2.31. The van der Waals surface area contributed by atoms with Crippen molar-refractivity contribution in [1.82, 2.24) is 0 Å². The van der Waals surface area contributed by atoms with E-state index in [1.165, 1.54) is 35.2 Å². The van der Waals surface area contributed by atoms with Gasteiger partial charge in [0.05, 0.1) is 7.11 Å². The molecule has 0 aliphatic rings. The summed E-state index contributed by atoms with van der Waals surface area (Å²) in [7, 11) is 1.31. The molecule has 4 aromatic rings. The molecule has 0 aliphatic heterocycles. The van der Waals surface area contributed by atoms with E-state index < -0.39 is 0 Å². The van der Waals surface area contributed by atoms with E-state index >= 15 is 0 Å². The van der Waals surface area contributed by atoms with Crippen molar-refractivity contribution in [3.05, 3.63) is 138 Å². The lowest BCUT2D eigenvalue weighted by Gasteiger charge is -2.29. The van der Waals surface area contributed by atoms with Crippen molar-refractivity contribution in [1.29, 1.82) is 0 Å². The van der Waals surface area contributed by atoms with Crippen LogP contribution in [0.4, 0.5) is 11.4 Å². The van der Waals surface area contributed by atoms with E-state index in [0.717, 1.165) is 35.3 Å². The third-order valence-electron chi connectivity index (χ3n) is 6.33. The van der Waals surface area contributed by atoms with Gasteiger partial charge in [-0.15, -0.1) is 0 Å². The summed E-state index contributed by atoms with van der Waals surface area (Å²) in [6.45, 7) is 9.26. The molecule has 0 bridgehead atoms. The molecule has 0 aliphatic carbocycles. The first-order chi connectivity index (χ1) is 19.5. The first kappa shape index (κ1) is 29.7. The predicted octanol–water partition coefficient (Wildman–Crippen LogP) is 8.86. The lowest BCUT2D eigenvalue weighted by Crippen LogP contribution is -2.21. The molecule has 0 amide bonds. The minimum absolute atomic E-state index is 0.375. The molecule has 0 fully saturated rings. The molecule has 40 heavy (non-hydrogen) atoms. The van der Waals surface area contributed by atoms with Crippen molar-refractivity contribution >= 4 is 35.7 Å². The van der Waals surface area contributed by atoms with Gasteiger partial charge in [-0.1, -0.05) is 111 Å². The Labute approximate surface area is 238 Å². The normalized spacial score (nSPS) is 10.9. The fourth-order valence-electron chi connectivity index (χ4n) is 4.41. The average molecular weight is 531 g/mol.